The lowest BCUT2D eigenvalue weighted by Crippen LogP contribution is -2.42. The number of rotatable bonds is 6. The first-order valence-electron chi connectivity index (χ1n) is 5.54. The van der Waals surface area contributed by atoms with Gasteiger partial charge in [0.25, 0.3) is 0 Å². The zero-order valence-electron chi connectivity index (χ0n) is 10.3. The third-order valence-electron chi connectivity index (χ3n) is 2.30. The van der Waals surface area contributed by atoms with Gasteiger partial charge in [-0.25, -0.2) is 10.8 Å². The Morgan fingerprint density at radius 1 is 1.59 bits per heavy atom. The summed E-state index contributed by atoms with van der Waals surface area (Å²) < 4.78 is 4.96. The van der Waals surface area contributed by atoms with E-state index in [-0.39, 0.29) is 0 Å². The van der Waals surface area contributed by atoms with Crippen molar-refractivity contribution in [3.05, 3.63) is 21.9 Å². The number of hydrogen-bond acceptors (Lipinski definition) is 4. The molecule has 0 radical (unpaired) electrons. The van der Waals surface area contributed by atoms with Crippen LogP contribution in [0.15, 0.2) is 16.4 Å². The van der Waals surface area contributed by atoms with Gasteiger partial charge in [-0.2, -0.15) is 0 Å². The fourth-order valence-corrected chi connectivity index (χ4v) is 2.12. The third-order valence-corrected chi connectivity index (χ3v) is 3.31. The maximum atomic E-state index is 5.39. The molecule has 0 spiro atoms. The smallest absolute Gasteiger partial charge is 0.206 e. The maximum absolute atomic E-state index is 5.39. The highest BCUT2D eigenvalue weighted by Gasteiger charge is 2.00. The van der Waals surface area contributed by atoms with Crippen molar-refractivity contribution in [1.29, 1.82) is 0 Å². The zero-order valence-corrected chi connectivity index (χ0v) is 11.1. The van der Waals surface area contributed by atoms with Gasteiger partial charge < -0.3 is 10.1 Å². The van der Waals surface area contributed by atoms with E-state index in [1.54, 1.807) is 18.4 Å². The first-order valence-corrected chi connectivity index (χ1v) is 6.42. The van der Waals surface area contributed by atoms with Crippen molar-refractivity contribution < 1.29 is 4.74 Å². The Hall–Kier alpha value is -1.11. The molecule has 1 aromatic heterocycles. The minimum Gasteiger partial charge on any atom is -0.385 e. The Morgan fingerprint density at radius 3 is 3.00 bits per heavy atom. The molecule has 0 bridgehead atoms. The van der Waals surface area contributed by atoms with Gasteiger partial charge in [0, 0.05) is 25.1 Å². The molecule has 0 aliphatic rings. The topological polar surface area (TPSA) is 71.7 Å². The number of ether oxygens (including phenoxy) is 1. The van der Waals surface area contributed by atoms with Crippen molar-refractivity contribution in [2.75, 3.05) is 20.3 Å². The lowest BCUT2D eigenvalue weighted by atomic mass is 10.3. The summed E-state index contributed by atoms with van der Waals surface area (Å²) >= 11 is 1.71. The second-order valence-corrected chi connectivity index (χ2v) is 4.61. The average molecular weight is 256 g/mol. The standard InChI is InChI=1S/C11H20N4OS/c1-9-4-7-17-10(9)8-14-11(15-12)13-5-3-6-16-2/h4,7H,3,5-6,8,12H2,1-2H3,(H2,13,14,15). The molecule has 17 heavy (non-hydrogen) atoms. The van der Waals surface area contributed by atoms with E-state index in [4.69, 9.17) is 10.6 Å². The molecule has 0 unspecified atom stereocenters. The minimum atomic E-state index is 0.619. The van der Waals surface area contributed by atoms with Crippen LogP contribution in [0.3, 0.4) is 0 Å². The van der Waals surface area contributed by atoms with Gasteiger partial charge in [0.05, 0.1) is 6.54 Å². The second kappa shape index (κ2) is 8.05. The summed E-state index contributed by atoms with van der Waals surface area (Å²) in [6.07, 6.45) is 0.926. The zero-order chi connectivity index (χ0) is 12.5. The van der Waals surface area contributed by atoms with Crippen molar-refractivity contribution >= 4 is 17.3 Å². The number of thiophene rings is 1. The summed E-state index contributed by atoms with van der Waals surface area (Å²) in [6, 6.07) is 2.09. The molecule has 5 nitrogen and oxygen atoms in total. The van der Waals surface area contributed by atoms with Crippen LogP contribution in [0.1, 0.15) is 16.9 Å². The van der Waals surface area contributed by atoms with E-state index >= 15 is 0 Å². The van der Waals surface area contributed by atoms with Gasteiger partial charge >= 0.3 is 0 Å². The summed E-state index contributed by atoms with van der Waals surface area (Å²) in [5, 5.41) is 5.20. The lowest BCUT2D eigenvalue weighted by molar-refractivity contribution is 0.195. The minimum absolute atomic E-state index is 0.619. The molecule has 1 aromatic rings. The van der Waals surface area contributed by atoms with Crippen LogP contribution in [0.5, 0.6) is 0 Å². The molecule has 0 saturated heterocycles. The predicted molar refractivity (Wildman–Crippen MR) is 72.0 cm³/mol. The van der Waals surface area contributed by atoms with Crippen LogP contribution >= 0.6 is 11.3 Å². The monoisotopic (exact) mass is 256 g/mol. The number of nitrogens with zero attached hydrogens (tertiary/aromatic N) is 1. The number of hydrazine groups is 1. The number of guanidine groups is 1. The van der Waals surface area contributed by atoms with Gasteiger partial charge in [-0.1, -0.05) is 0 Å². The molecule has 1 heterocycles. The molecule has 0 atom stereocenters. The molecule has 0 amide bonds. The summed E-state index contributed by atoms with van der Waals surface area (Å²) in [4.78, 5) is 5.64. The van der Waals surface area contributed by atoms with Crippen LogP contribution in [-0.4, -0.2) is 26.2 Å². The molecule has 0 saturated carbocycles. The van der Waals surface area contributed by atoms with Crippen LogP contribution in [0.25, 0.3) is 0 Å². The summed E-state index contributed by atoms with van der Waals surface area (Å²) in [5.74, 6) is 6.01. The van der Waals surface area contributed by atoms with Crippen molar-refractivity contribution in [1.82, 2.24) is 10.7 Å². The molecule has 4 N–H and O–H groups in total. The Kier molecular flexibility index (Phi) is 6.61. The number of methoxy groups -OCH3 is 1. The van der Waals surface area contributed by atoms with Crippen LogP contribution < -0.4 is 16.6 Å². The Balaban J connectivity index is 2.36. The van der Waals surface area contributed by atoms with E-state index in [9.17, 15) is 0 Å². The van der Waals surface area contributed by atoms with Gasteiger partial charge in [-0.15, -0.1) is 11.3 Å². The normalized spacial score (nSPS) is 11.6. The molecule has 0 aliphatic heterocycles. The fourth-order valence-electron chi connectivity index (χ4n) is 1.29. The van der Waals surface area contributed by atoms with Crippen LogP contribution in [-0.2, 0) is 11.3 Å². The van der Waals surface area contributed by atoms with E-state index in [1.165, 1.54) is 10.4 Å². The van der Waals surface area contributed by atoms with E-state index < -0.39 is 0 Å². The first kappa shape index (κ1) is 14.0. The van der Waals surface area contributed by atoms with Crippen molar-refractivity contribution in [3.8, 4) is 0 Å². The van der Waals surface area contributed by atoms with Gasteiger partial charge in [-0.3, -0.25) is 5.43 Å². The molecule has 0 fully saturated rings. The van der Waals surface area contributed by atoms with Crippen LogP contribution in [0, 0.1) is 6.92 Å². The molecule has 96 valence electrons. The Morgan fingerprint density at radius 2 is 2.41 bits per heavy atom. The third kappa shape index (κ3) is 5.16. The number of nitrogens with one attached hydrogen (secondary N) is 2. The summed E-state index contributed by atoms with van der Waals surface area (Å²) in [5.41, 5.74) is 3.84. The first-order chi connectivity index (χ1) is 8.27. The highest BCUT2D eigenvalue weighted by molar-refractivity contribution is 7.10. The molecular formula is C11H20N4OS. The highest BCUT2D eigenvalue weighted by Crippen LogP contribution is 2.16. The van der Waals surface area contributed by atoms with Gasteiger partial charge in [0.15, 0.2) is 0 Å². The summed E-state index contributed by atoms with van der Waals surface area (Å²) in [7, 11) is 1.69. The number of aliphatic imine (C=N–C) groups is 1. The van der Waals surface area contributed by atoms with Crippen molar-refractivity contribution in [2.24, 2.45) is 10.8 Å². The van der Waals surface area contributed by atoms with Crippen molar-refractivity contribution in [3.63, 3.8) is 0 Å². The predicted octanol–water partition coefficient (Wildman–Crippen LogP) is 1.00. The molecule has 0 aliphatic carbocycles. The fraction of sp³-hybridized carbons (Fsp3) is 0.545. The van der Waals surface area contributed by atoms with Gasteiger partial charge in [0.2, 0.25) is 5.96 Å². The van der Waals surface area contributed by atoms with E-state index in [0.717, 1.165) is 19.6 Å². The largest absolute Gasteiger partial charge is 0.385 e. The lowest BCUT2D eigenvalue weighted by Gasteiger charge is -2.08. The highest BCUT2D eigenvalue weighted by atomic mass is 32.1. The number of hydrogen-bond donors (Lipinski definition) is 3. The van der Waals surface area contributed by atoms with E-state index in [1.807, 2.05) is 0 Å². The number of aryl methyl sites for hydroxylation is 1. The SMILES string of the molecule is COCCCNC(=NCc1sccc1C)NN. The Bertz CT molecular complexity index is 351. The molecular weight excluding hydrogens is 236 g/mol. The van der Waals surface area contributed by atoms with Crippen LogP contribution in [0.2, 0.25) is 0 Å². The molecule has 6 heteroatoms. The van der Waals surface area contributed by atoms with E-state index in [0.29, 0.717) is 12.5 Å². The quantitative estimate of drug-likeness (QED) is 0.233. The summed E-state index contributed by atoms with van der Waals surface area (Å²) in [6.45, 7) is 4.26. The second-order valence-electron chi connectivity index (χ2n) is 3.61. The number of nitrogens with two attached hydrogens (primary N) is 1. The van der Waals surface area contributed by atoms with E-state index in [2.05, 4.69) is 34.1 Å². The van der Waals surface area contributed by atoms with Crippen LogP contribution in [0.4, 0.5) is 0 Å². The maximum Gasteiger partial charge on any atom is 0.206 e. The van der Waals surface area contributed by atoms with Gasteiger partial charge in [-0.05, 0) is 30.4 Å². The van der Waals surface area contributed by atoms with Gasteiger partial charge in [0.1, 0.15) is 0 Å². The Labute approximate surface area is 106 Å². The average Bonchev–Trinajstić information content (AvgIpc) is 2.74. The molecule has 0 aromatic carbocycles. The van der Waals surface area contributed by atoms with Crippen molar-refractivity contribution in [2.45, 2.75) is 19.9 Å². The molecule has 1 rings (SSSR count).